The van der Waals surface area contributed by atoms with Crippen molar-refractivity contribution in [3.63, 3.8) is 0 Å². The number of hydrogen-bond donors (Lipinski definition) is 1. The third kappa shape index (κ3) is 4.18. The second-order valence-electron chi connectivity index (χ2n) is 6.96. The zero-order valence-corrected chi connectivity index (χ0v) is 16.5. The molecule has 2 aliphatic rings. The van der Waals surface area contributed by atoms with Gasteiger partial charge in [0.15, 0.2) is 11.2 Å². The molecule has 1 saturated heterocycles. The third-order valence-corrected chi connectivity index (χ3v) is 5.90. The fraction of sp³-hybridized carbons (Fsp3) is 0.450. The van der Waals surface area contributed by atoms with Crippen LogP contribution >= 0.6 is 11.3 Å². The fourth-order valence-corrected chi connectivity index (χ4v) is 4.44. The lowest BCUT2D eigenvalue weighted by atomic mass is 10.1. The number of nitrogens with zero attached hydrogens (tertiary/aromatic N) is 2. The first-order valence-corrected chi connectivity index (χ1v) is 10.3. The van der Waals surface area contributed by atoms with E-state index >= 15 is 0 Å². The van der Waals surface area contributed by atoms with Gasteiger partial charge in [0.25, 0.3) is 11.8 Å². The highest BCUT2D eigenvalue weighted by Crippen LogP contribution is 2.29. The number of amides is 2. The van der Waals surface area contributed by atoms with E-state index in [0.717, 1.165) is 23.4 Å². The van der Waals surface area contributed by atoms with E-state index in [4.69, 9.17) is 9.47 Å². The van der Waals surface area contributed by atoms with Gasteiger partial charge in [-0.3, -0.25) is 14.9 Å². The minimum Gasteiger partial charge on any atom is -0.481 e. The van der Waals surface area contributed by atoms with Crippen molar-refractivity contribution < 1.29 is 19.1 Å². The number of rotatable bonds is 5. The normalized spacial score (nSPS) is 19.8. The van der Waals surface area contributed by atoms with E-state index in [1.165, 1.54) is 11.3 Å². The molecule has 0 radical (unpaired) electrons. The lowest BCUT2D eigenvalue weighted by Crippen LogP contribution is -2.42. The molecule has 0 aliphatic carbocycles. The second-order valence-corrected chi connectivity index (χ2v) is 8.05. The van der Waals surface area contributed by atoms with Gasteiger partial charge in [0.1, 0.15) is 11.9 Å². The molecule has 2 atom stereocenters. The van der Waals surface area contributed by atoms with Crippen LogP contribution in [0, 0.1) is 0 Å². The summed E-state index contributed by atoms with van der Waals surface area (Å²) in [6, 6.07) is 9.34. The van der Waals surface area contributed by atoms with Crippen molar-refractivity contribution in [2.45, 2.75) is 44.9 Å². The molecule has 3 heterocycles. The van der Waals surface area contributed by atoms with Crippen LogP contribution in [0.5, 0.6) is 5.75 Å². The molecule has 148 valence electrons. The van der Waals surface area contributed by atoms with Crippen molar-refractivity contribution in [3.05, 3.63) is 40.9 Å². The van der Waals surface area contributed by atoms with E-state index in [2.05, 4.69) is 10.3 Å². The van der Waals surface area contributed by atoms with Crippen LogP contribution in [0.1, 0.15) is 30.3 Å². The standard InChI is InChI=1S/C20H23N3O4S/c1-13(27-14-6-3-2-4-7-14)19(25)23-10-9-15-17(12-23)28-20(21-15)22-18(24)16-8-5-11-26-16/h2-4,6-7,13,16H,5,8-12H2,1H3,(H,21,22,24). The maximum Gasteiger partial charge on any atom is 0.263 e. The molecule has 2 aromatic rings. The molecule has 1 fully saturated rings. The predicted octanol–water partition coefficient (Wildman–Crippen LogP) is 2.61. The molecule has 0 spiro atoms. The molecule has 28 heavy (non-hydrogen) atoms. The Hall–Kier alpha value is -2.45. The number of para-hydroxylation sites is 1. The molecule has 8 heteroatoms. The van der Waals surface area contributed by atoms with Crippen LogP contribution in [-0.2, 0) is 27.3 Å². The Bertz CT molecular complexity index is 848. The minimum absolute atomic E-state index is 0.0483. The van der Waals surface area contributed by atoms with E-state index in [1.54, 1.807) is 11.8 Å². The van der Waals surface area contributed by atoms with Gasteiger partial charge in [-0.15, -0.1) is 0 Å². The van der Waals surface area contributed by atoms with Gasteiger partial charge in [-0.25, -0.2) is 4.98 Å². The number of aromatic nitrogens is 1. The van der Waals surface area contributed by atoms with Crippen molar-refractivity contribution >= 4 is 28.3 Å². The van der Waals surface area contributed by atoms with Crippen molar-refractivity contribution in [3.8, 4) is 5.75 Å². The Kier molecular flexibility index (Phi) is 5.59. The highest BCUT2D eigenvalue weighted by atomic mass is 32.1. The summed E-state index contributed by atoms with van der Waals surface area (Å²) in [7, 11) is 0. The summed E-state index contributed by atoms with van der Waals surface area (Å²) in [5, 5.41) is 3.43. The van der Waals surface area contributed by atoms with Crippen LogP contribution in [-0.4, -0.2) is 47.1 Å². The molecule has 7 nitrogen and oxygen atoms in total. The van der Waals surface area contributed by atoms with Crippen molar-refractivity contribution in [1.82, 2.24) is 9.88 Å². The number of fused-ring (bicyclic) bond motifs is 1. The highest BCUT2D eigenvalue weighted by molar-refractivity contribution is 7.15. The Morgan fingerprint density at radius 3 is 2.93 bits per heavy atom. The SMILES string of the molecule is CC(Oc1ccccc1)C(=O)N1CCc2nc(NC(=O)C3CCCO3)sc2C1. The first-order valence-electron chi connectivity index (χ1n) is 9.51. The lowest BCUT2D eigenvalue weighted by Gasteiger charge is -2.28. The number of anilines is 1. The van der Waals surface area contributed by atoms with E-state index < -0.39 is 6.10 Å². The summed E-state index contributed by atoms with van der Waals surface area (Å²) in [5.74, 6) is 0.493. The summed E-state index contributed by atoms with van der Waals surface area (Å²) in [6.07, 6.45) is 1.39. The summed E-state index contributed by atoms with van der Waals surface area (Å²) in [5.41, 5.74) is 0.952. The molecule has 2 aliphatic heterocycles. The fourth-order valence-electron chi connectivity index (χ4n) is 3.42. The molecule has 2 amide bonds. The Balaban J connectivity index is 1.37. The maximum atomic E-state index is 12.8. The molecule has 1 aromatic heterocycles. The number of hydrogen-bond acceptors (Lipinski definition) is 6. The maximum absolute atomic E-state index is 12.8. The van der Waals surface area contributed by atoms with Crippen LogP contribution < -0.4 is 10.1 Å². The smallest absolute Gasteiger partial charge is 0.263 e. The van der Waals surface area contributed by atoms with E-state index in [1.807, 2.05) is 30.3 Å². The largest absolute Gasteiger partial charge is 0.481 e. The summed E-state index contributed by atoms with van der Waals surface area (Å²) in [4.78, 5) is 32.3. The van der Waals surface area contributed by atoms with Crippen LogP contribution in [0.4, 0.5) is 5.13 Å². The number of ether oxygens (including phenoxy) is 2. The highest BCUT2D eigenvalue weighted by Gasteiger charge is 2.29. The quantitative estimate of drug-likeness (QED) is 0.833. The zero-order valence-electron chi connectivity index (χ0n) is 15.7. The number of carbonyl (C=O) groups excluding carboxylic acids is 2. The summed E-state index contributed by atoms with van der Waals surface area (Å²) >= 11 is 1.43. The number of carbonyl (C=O) groups is 2. The average Bonchev–Trinajstić information content (AvgIpc) is 3.37. The Morgan fingerprint density at radius 2 is 2.18 bits per heavy atom. The Morgan fingerprint density at radius 1 is 1.36 bits per heavy atom. The second kappa shape index (κ2) is 8.28. The van der Waals surface area contributed by atoms with Crippen molar-refractivity contribution in [2.75, 3.05) is 18.5 Å². The third-order valence-electron chi connectivity index (χ3n) is 4.90. The molecule has 4 rings (SSSR count). The van der Waals surface area contributed by atoms with Gasteiger partial charge in [-0.2, -0.15) is 0 Å². The van der Waals surface area contributed by atoms with Crippen LogP contribution in [0.2, 0.25) is 0 Å². The van der Waals surface area contributed by atoms with Gasteiger partial charge in [0, 0.05) is 24.4 Å². The summed E-state index contributed by atoms with van der Waals surface area (Å²) in [6.45, 7) is 3.48. The first kappa shape index (κ1) is 18.9. The lowest BCUT2D eigenvalue weighted by molar-refractivity contribution is -0.138. The molecular weight excluding hydrogens is 378 g/mol. The zero-order chi connectivity index (χ0) is 19.5. The topological polar surface area (TPSA) is 80.8 Å². The molecular formula is C20H23N3O4S. The van der Waals surface area contributed by atoms with Crippen LogP contribution in [0.3, 0.4) is 0 Å². The molecule has 1 aromatic carbocycles. The van der Waals surface area contributed by atoms with Gasteiger partial charge < -0.3 is 14.4 Å². The summed E-state index contributed by atoms with van der Waals surface area (Å²) < 4.78 is 11.2. The molecule has 1 N–H and O–H groups in total. The monoisotopic (exact) mass is 401 g/mol. The van der Waals surface area contributed by atoms with Crippen LogP contribution in [0.15, 0.2) is 30.3 Å². The van der Waals surface area contributed by atoms with E-state index in [0.29, 0.717) is 37.0 Å². The molecule has 0 bridgehead atoms. The molecule has 2 unspecified atom stereocenters. The van der Waals surface area contributed by atoms with Gasteiger partial charge >= 0.3 is 0 Å². The number of nitrogens with one attached hydrogen (secondary N) is 1. The van der Waals surface area contributed by atoms with E-state index in [9.17, 15) is 9.59 Å². The molecule has 0 saturated carbocycles. The van der Waals surface area contributed by atoms with Crippen molar-refractivity contribution in [2.24, 2.45) is 0 Å². The van der Waals surface area contributed by atoms with E-state index in [-0.39, 0.29) is 17.9 Å². The first-order chi connectivity index (χ1) is 13.6. The van der Waals surface area contributed by atoms with Gasteiger partial charge in [-0.05, 0) is 31.9 Å². The minimum atomic E-state index is -0.560. The van der Waals surface area contributed by atoms with Crippen molar-refractivity contribution in [1.29, 1.82) is 0 Å². The van der Waals surface area contributed by atoms with Crippen LogP contribution in [0.25, 0.3) is 0 Å². The predicted molar refractivity (Wildman–Crippen MR) is 105 cm³/mol. The number of benzene rings is 1. The average molecular weight is 401 g/mol. The van der Waals surface area contributed by atoms with Gasteiger partial charge in [-0.1, -0.05) is 29.5 Å². The Labute approximate surface area is 167 Å². The van der Waals surface area contributed by atoms with Gasteiger partial charge in [0.2, 0.25) is 0 Å². The number of thiazole rings is 1. The van der Waals surface area contributed by atoms with Gasteiger partial charge in [0.05, 0.1) is 12.2 Å².